The van der Waals surface area contributed by atoms with Crippen LogP contribution in [0.3, 0.4) is 0 Å². The molecule has 15 heteroatoms. The monoisotopic (exact) mass is 681 g/mol. The van der Waals surface area contributed by atoms with Crippen LogP contribution >= 0.6 is 8.53 Å². The Labute approximate surface area is 282 Å². The molecule has 2 aromatic heterocycles. The van der Waals surface area contributed by atoms with Gasteiger partial charge in [0.2, 0.25) is 17.7 Å². The first-order chi connectivity index (χ1) is 23.3. The molecule has 3 aliphatic rings. The zero-order valence-electron chi connectivity index (χ0n) is 28.1. The van der Waals surface area contributed by atoms with Crippen LogP contribution in [-0.2, 0) is 33.7 Å². The Balaban J connectivity index is 1.34. The van der Waals surface area contributed by atoms with E-state index in [0.29, 0.717) is 30.8 Å². The topological polar surface area (TPSA) is 155 Å². The van der Waals surface area contributed by atoms with Gasteiger partial charge in [0.25, 0.3) is 8.53 Å². The van der Waals surface area contributed by atoms with Crippen LogP contribution in [0.2, 0.25) is 0 Å². The molecule has 3 aliphatic heterocycles. The van der Waals surface area contributed by atoms with Crippen molar-refractivity contribution in [2.75, 3.05) is 38.8 Å². The van der Waals surface area contributed by atoms with Crippen LogP contribution in [0.1, 0.15) is 65.2 Å². The Kier molecular flexibility index (Phi) is 10.9. The number of carbonyl (C=O) groups excluding carboxylic acids is 1. The molecule has 0 saturated carbocycles. The van der Waals surface area contributed by atoms with Crippen molar-refractivity contribution >= 4 is 31.5 Å². The lowest BCUT2D eigenvalue weighted by molar-refractivity contribution is -0.118. The van der Waals surface area contributed by atoms with Gasteiger partial charge in [-0.2, -0.15) is 15.2 Å². The van der Waals surface area contributed by atoms with E-state index in [9.17, 15) is 4.79 Å². The van der Waals surface area contributed by atoms with Crippen LogP contribution in [-0.4, -0.2) is 87.9 Å². The molecule has 7 atom stereocenters. The van der Waals surface area contributed by atoms with Gasteiger partial charge in [-0.15, -0.1) is 0 Å². The third-order valence-electron chi connectivity index (χ3n) is 9.06. The van der Waals surface area contributed by atoms with Crippen molar-refractivity contribution < 1.29 is 32.8 Å². The van der Waals surface area contributed by atoms with Crippen LogP contribution in [0.4, 0.5) is 5.95 Å². The van der Waals surface area contributed by atoms with E-state index in [-0.39, 0.29) is 48.8 Å². The summed E-state index contributed by atoms with van der Waals surface area (Å²) >= 11 is 0. The summed E-state index contributed by atoms with van der Waals surface area (Å²) in [7, 11) is 0.194. The lowest BCUT2D eigenvalue weighted by atomic mass is 9.87. The highest BCUT2D eigenvalue weighted by Crippen LogP contribution is 2.64. The first kappa shape index (κ1) is 34.6. The molecule has 5 heterocycles. The highest BCUT2D eigenvalue weighted by Gasteiger charge is 2.57. The lowest BCUT2D eigenvalue weighted by Crippen LogP contribution is -2.37. The number of hydrogen-bond acceptors (Lipinski definition) is 12. The van der Waals surface area contributed by atoms with Crippen LogP contribution in [0, 0.1) is 17.2 Å². The number of nitrogens with zero attached hydrogens (tertiary/aromatic N) is 6. The van der Waals surface area contributed by atoms with Gasteiger partial charge in [-0.3, -0.25) is 14.7 Å². The summed E-state index contributed by atoms with van der Waals surface area (Å²) in [4.78, 5) is 26.3. The van der Waals surface area contributed by atoms with Gasteiger partial charge in [0, 0.05) is 19.6 Å². The summed E-state index contributed by atoms with van der Waals surface area (Å²) in [5.74, 6) is -0.322. The number of carbonyl (C=O) groups is 1. The average molecular weight is 682 g/mol. The van der Waals surface area contributed by atoms with Gasteiger partial charge in [0.1, 0.15) is 24.4 Å². The summed E-state index contributed by atoms with van der Waals surface area (Å²) in [5.41, 5.74) is 1.38. The molecular weight excluding hydrogens is 637 g/mol. The van der Waals surface area contributed by atoms with Crippen molar-refractivity contribution in [1.82, 2.24) is 24.2 Å². The molecule has 3 fully saturated rings. The molecule has 0 radical (unpaired) electrons. The van der Waals surface area contributed by atoms with Crippen LogP contribution < -0.4 is 10.1 Å². The smallest absolute Gasteiger partial charge is 0.260 e. The maximum atomic E-state index is 12.6. The quantitative estimate of drug-likeness (QED) is 0.178. The highest BCUT2D eigenvalue weighted by molar-refractivity contribution is 7.45. The molecule has 258 valence electrons. The Hall–Kier alpha value is -3.28. The first-order valence-electron chi connectivity index (χ1n) is 16.6. The lowest BCUT2D eigenvalue weighted by Gasteiger charge is -2.29. The Morgan fingerprint density at radius 1 is 1.21 bits per heavy atom. The molecule has 14 nitrogen and oxygen atoms in total. The van der Waals surface area contributed by atoms with E-state index in [0.717, 1.165) is 24.9 Å². The summed E-state index contributed by atoms with van der Waals surface area (Å²) < 4.78 is 42.4. The van der Waals surface area contributed by atoms with Crippen molar-refractivity contribution in [1.29, 1.82) is 5.26 Å². The SMILES string of the molecule is CC[C@H]1O[C@@H](n2cnc3c(OCCC#N)nc(NC(=O)C(C)C)nc32)[C@@H](OCCOC)C1O[P@@]1O[C@](C)(c2ccccc2)[C@@H]2CCCN21. The number of anilines is 1. The minimum absolute atomic E-state index is 0.0627. The summed E-state index contributed by atoms with van der Waals surface area (Å²) in [6, 6.07) is 12.6. The standard InChI is InChI=1S/C33H44N7O7P/c1-6-23-26(46-48-40-16-10-14-24(40)33(4,47-48)22-12-8-7-9-13-22)27(43-19-18-42-5)31(45-23)39-20-35-25-28(39)36-32(37-29(41)21(2)3)38-30(25)44-17-11-15-34/h7-9,12-13,20-21,23-24,26-27,31H,6,10-11,14,16-19H2,1-5H3,(H,36,37,38,41)/t23-,24+,26?,27+,31-,33-,48+/m1/s1. The van der Waals surface area contributed by atoms with E-state index in [1.807, 2.05) is 18.2 Å². The van der Waals surface area contributed by atoms with Gasteiger partial charge in [-0.25, -0.2) is 9.65 Å². The van der Waals surface area contributed by atoms with E-state index >= 15 is 0 Å². The molecule has 1 N–H and O–H groups in total. The largest absolute Gasteiger partial charge is 0.475 e. The number of fused-ring (bicyclic) bond motifs is 2. The van der Waals surface area contributed by atoms with Crippen molar-refractivity contribution in [2.45, 2.75) is 89.6 Å². The third-order valence-corrected chi connectivity index (χ3v) is 10.9. The number of methoxy groups -OCH3 is 1. The number of aromatic nitrogens is 4. The number of amides is 1. The number of nitrogens with one attached hydrogen (secondary N) is 1. The first-order valence-corrected chi connectivity index (χ1v) is 17.7. The zero-order chi connectivity index (χ0) is 33.8. The van der Waals surface area contributed by atoms with Gasteiger partial charge >= 0.3 is 0 Å². The predicted octanol–water partition coefficient (Wildman–Crippen LogP) is 5.07. The molecule has 3 aromatic rings. The molecule has 1 amide bonds. The molecule has 6 rings (SSSR count). The molecule has 3 saturated heterocycles. The second kappa shape index (κ2) is 15.1. The summed E-state index contributed by atoms with van der Waals surface area (Å²) in [6.45, 7) is 9.47. The minimum Gasteiger partial charge on any atom is -0.475 e. The number of rotatable bonds is 14. The number of ether oxygens (including phenoxy) is 4. The summed E-state index contributed by atoms with van der Waals surface area (Å²) in [5, 5.41) is 11.8. The van der Waals surface area contributed by atoms with E-state index in [4.69, 9.17) is 33.3 Å². The fraction of sp³-hybridized carbons (Fsp3) is 0.606. The number of hydrogen-bond donors (Lipinski definition) is 1. The molecule has 0 bridgehead atoms. The Bertz CT molecular complexity index is 1600. The number of benzene rings is 1. The average Bonchev–Trinajstić information content (AvgIpc) is 3.87. The molecule has 0 spiro atoms. The number of nitriles is 1. The molecule has 1 aromatic carbocycles. The molecule has 1 unspecified atom stereocenters. The van der Waals surface area contributed by atoms with E-state index in [2.05, 4.69) is 57.0 Å². The predicted molar refractivity (Wildman–Crippen MR) is 177 cm³/mol. The molecular formula is C33H44N7O7P. The maximum absolute atomic E-state index is 12.6. The van der Waals surface area contributed by atoms with Crippen molar-refractivity contribution in [3.63, 3.8) is 0 Å². The fourth-order valence-corrected chi connectivity index (χ4v) is 8.65. The zero-order valence-corrected chi connectivity index (χ0v) is 29.0. The normalized spacial score (nSPS) is 28.6. The van der Waals surface area contributed by atoms with Crippen LogP contribution in [0.25, 0.3) is 11.2 Å². The van der Waals surface area contributed by atoms with Gasteiger partial charge in [-0.05, 0) is 31.7 Å². The van der Waals surface area contributed by atoms with Gasteiger partial charge in [-0.1, -0.05) is 51.1 Å². The van der Waals surface area contributed by atoms with E-state index < -0.39 is 32.6 Å². The Morgan fingerprint density at radius 3 is 2.75 bits per heavy atom. The van der Waals surface area contributed by atoms with Crippen LogP contribution in [0.15, 0.2) is 36.7 Å². The van der Waals surface area contributed by atoms with Gasteiger partial charge < -0.3 is 28.0 Å². The van der Waals surface area contributed by atoms with E-state index in [1.54, 1.807) is 31.9 Å². The number of imidazole rings is 1. The minimum atomic E-state index is -1.43. The fourth-order valence-electron chi connectivity index (χ4n) is 6.50. The van der Waals surface area contributed by atoms with E-state index in [1.165, 1.54) is 0 Å². The maximum Gasteiger partial charge on any atom is 0.260 e. The van der Waals surface area contributed by atoms with Crippen molar-refractivity contribution in [3.05, 3.63) is 42.2 Å². The second-order valence-corrected chi connectivity index (χ2v) is 14.0. The van der Waals surface area contributed by atoms with Crippen molar-refractivity contribution in [2.24, 2.45) is 5.92 Å². The van der Waals surface area contributed by atoms with Gasteiger partial charge in [0.05, 0.1) is 44.2 Å². The van der Waals surface area contributed by atoms with Gasteiger partial charge in [0.15, 0.2) is 17.4 Å². The van der Waals surface area contributed by atoms with Crippen LogP contribution in [0.5, 0.6) is 5.88 Å². The second-order valence-electron chi connectivity index (χ2n) is 12.6. The molecule has 0 aliphatic carbocycles. The van der Waals surface area contributed by atoms with Crippen molar-refractivity contribution in [3.8, 4) is 11.9 Å². The molecule has 48 heavy (non-hydrogen) atoms. The highest BCUT2D eigenvalue weighted by atomic mass is 31.2. The summed E-state index contributed by atoms with van der Waals surface area (Å²) in [6.07, 6.45) is 2.45. The third kappa shape index (κ3) is 6.78. The Morgan fingerprint density at radius 2 is 2.02 bits per heavy atom.